The summed E-state index contributed by atoms with van der Waals surface area (Å²) in [5.41, 5.74) is 0.797. The molecule has 2 N–H and O–H groups in total. The first-order valence-electron chi connectivity index (χ1n) is 6.65. The van der Waals surface area contributed by atoms with Crippen LogP contribution in [0.3, 0.4) is 0 Å². The van der Waals surface area contributed by atoms with Crippen molar-refractivity contribution in [2.24, 2.45) is 0 Å². The Kier molecular flexibility index (Phi) is 4.82. The maximum absolute atomic E-state index is 9.16. The molecule has 2 rings (SSSR count). The molecule has 4 heteroatoms. The molecule has 19 heavy (non-hydrogen) atoms. The Bertz CT molecular complexity index is 519. The Balaban J connectivity index is 1.91. The average molecular weight is 263 g/mol. The van der Waals surface area contributed by atoms with Gasteiger partial charge in [0, 0.05) is 5.39 Å². The largest absolute Gasteiger partial charge is 0.493 e. The summed E-state index contributed by atoms with van der Waals surface area (Å²) in [5, 5.41) is 13.5. The van der Waals surface area contributed by atoms with Crippen molar-refractivity contribution in [1.82, 2.24) is 5.32 Å². The van der Waals surface area contributed by atoms with Gasteiger partial charge in [-0.1, -0.05) is 12.1 Å². The van der Waals surface area contributed by atoms with Crippen LogP contribution in [0.1, 0.15) is 25.5 Å². The fourth-order valence-corrected chi connectivity index (χ4v) is 2.07. The minimum absolute atomic E-state index is 0.225. The molecule has 1 aromatic carbocycles. The highest BCUT2D eigenvalue weighted by Crippen LogP contribution is 2.28. The number of aliphatic hydroxyl groups excluding tert-OH is 1. The molecule has 0 spiro atoms. The molecule has 4 nitrogen and oxygen atoms in total. The lowest BCUT2D eigenvalue weighted by Crippen LogP contribution is -2.15. The van der Waals surface area contributed by atoms with E-state index < -0.39 is 0 Å². The van der Waals surface area contributed by atoms with Crippen LogP contribution in [0, 0.1) is 0 Å². The molecule has 0 aliphatic carbocycles. The van der Waals surface area contributed by atoms with Gasteiger partial charge >= 0.3 is 0 Å². The van der Waals surface area contributed by atoms with Crippen LogP contribution >= 0.6 is 0 Å². The first-order valence-corrected chi connectivity index (χ1v) is 6.65. The number of para-hydroxylation sites is 1. The summed E-state index contributed by atoms with van der Waals surface area (Å²) >= 11 is 0. The zero-order valence-corrected chi connectivity index (χ0v) is 11.5. The summed E-state index contributed by atoms with van der Waals surface area (Å²) < 4.78 is 11.0. The number of fused-ring (bicyclic) bond motifs is 1. The first kappa shape index (κ1) is 13.9. The zero-order chi connectivity index (χ0) is 13.7. The molecular formula is C15H21NO3. The zero-order valence-electron chi connectivity index (χ0n) is 11.5. The monoisotopic (exact) mass is 263 g/mol. The van der Waals surface area contributed by atoms with E-state index in [9.17, 15) is 0 Å². The highest BCUT2D eigenvalue weighted by Gasteiger charge is 2.07. The number of hydrogen-bond donors (Lipinski definition) is 2. The van der Waals surface area contributed by atoms with Crippen LogP contribution in [-0.4, -0.2) is 24.9 Å². The van der Waals surface area contributed by atoms with Gasteiger partial charge in [-0.3, -0.25) is 0 Å². The molecule has 1 aromatic heterocycles. The quantitative estimate of drug-likeness (QED) is 0.754. The Morgan fingerprint density at radius 2 is 2.26 bits per heavy atom. The second-order valence-corrected chi connectivity index (χ2v) is 4.76. The van der Waals surface area contributed by atoms with E-state index in [-0.39, 0.29) is 6.10 Å². The van der Waals surface area contributed by atoms with Gasteiger partial charge < -0.3 is 19.6 Å². The standard InChI is InChI=1S/C15H21NO3/c1-11(17)5-4-8-16-10-13-9-12-6-3-7-14(18-2)15(12)19-13/h3,6-7,9,11,16-17H,4-5,8,10H2,1-2H3. The van der Waals surface area contributed by atoms with Crippen molar-refractivity contribution < 1.29 is 14.3 Å². The molecular weight excluding hydrogens is 242 g/mol. The van der Waals surface area contributed by atoms with Crippen LogP contribution in [0.5, 0.6) is 5.75 Å². The number of furan rings is 1. The van der Waals surface area contributed by atoms with E-state index in [1.807, 2.05) is 31.2 Å². The van der Waals surface area contributed by atoms with Crippen LogP contribution in [0.15, 0.2) is 28.7 Å². The topological polar surface area (TPSA) is 54.6 Å². The SMILES string of the molecule is COc1cccc2cc(CNCCCC(C)O)oc12. The van der Waals surface area contributed by atoms with Crippen molar-refractivity contribution in [3.8, 4) is 5.75 Å². The molecule has 104 valence electrons. The number of methoxy groups -OCH3 is 1. The molecule has 1 unspecified atom stereocenters. The summed E-state index contributed by atoms with van der Waals surface area (Å²) in [4.78, 5) is 0. The molecule has 0 saturated heterocycles. The van der Waals surface area contributed by atoms with Crippen molar-refractivity contribution in [3.05, 3.63) is 30.0 Å². The normalized spacial score (nSPS) is 12.8. The number of hydrogen-bond acceptors (Lipinski definition) is 4. The Hall–Kier alpha value is -1.52. The van der Waals surface area contributed by atoms with Gasteiger partial charge in [0.25, 0.3) is 0 Å². The number of benzene rings is 1. The third-order valence-electron chi connectivity index (χ3n) is 3.05. The molecule has 1 heterocycles. The maximum Gasteiger partial charge on any atom is 0.176 e. The lowest BCUT2D eigenvalue weighted by atomic mass is 10.2. The average Bonchev–Trinajstić information content (AvgIpc) is 2.80. The minimum atomic E-state index is -0.225. The predicted molar refractivity (Wildman–Crippen MR) is 75.4 cm³/mol. The minimum Gasteiger partial charge on any atom is -0.493 e. The van der Waals surface area contributed by atoms with E-state index in [0.29, 0.717) is 6.54 Å². The van der Waals surface area contributed by atoms with Crippen LogP contribution in [0.2, 0.25) is 0 Å². The van der Waals surface area contributed by atoms with Crippen LogP contribution in [0.4, 0.5) is 0 Å². The molecule has 0 aliphatic heterocycles. The molecule has 0 amide bonds. The Labute approximate surface area is 113 Å². The fraction of sp³-hybridized carbons (Fsp3) is 0.467. The number of ether oxygens (including phenoxy) is 1. The van der Waals surface area contributed by atoms with E-state index in [4.69, 9.17) is 14.3 Å². The van der Waals surface area contributed by atoms with Crippen LogP contribution < -0.4 is 10.1 Å². The van der Waals surface area contributed by atoms with Gasteiger partial charge in [0.15, 0.2) is 11.3 Å². The van der Waals surface area contributed by atoms with Crippen molar-refractivity contribution in [1.29, 1.82) is 0 Å². The van der Waals surface area contributed by atoms with Crippen molar-refractivity contribution in [3.63, 3.8) is 0 Å². The predicted octanol–water partition coefficient (Wildman–Crippen LogP) is 2.69. The van der Waals surface area contributed by atoms with Gasteiger partial charge in [-0.05, 0) is 38.4 Å². The van der Waals surface area contributed by atoms with Crippen molar-refractivity contribution in [2.75, 3.05) is 13.7 Å². The number of aliphatic hydroxyl groups is 1. The second-order valence-electron chi connectivity index (χ2n) is 4.76. The van der Waals surface area contributed by atoms with Gasteiger partial charge in [0.05, 0.1) is 19.8 Å². The summed E-state index contributed by atoms with van der Waals surface area (Å²) in [6.07, 6.45) is 1.56. The Morgan fingerprint density at radius 3 is 3.00 bits per heavy atom. The van der Waals surface area contributed by atoms with E-state index >= 15 is 0 Å². The fourth-order valence-electron chi connectivity index (χ4n) is 2.07. The van der Waals surface area contributed by atoms with Crippen molar-refractivity contribution in [2.45, 2.75) is 32.4 Å². The lowest BCUT2D eigenvalue weighted by molar-refractivity contribution is 0.181. The molecule has 2 aromatic rings. The van der Waals surface area contributed by atoms with E-state index in [2.05, 4.69) is 5.32 Å². The molecule has 1 atom stereocenters. The number of rotatable bonds is 7. The highest BCUT2D eigenvalue weighted by molar-refractivity contribution is 5.83. The smallest absolute Gasteiger partial charge is 0.176 e. The van der Waals surface area contributed by atoms with Gasteiger partial charge in [-0.2, -0.15) is 0 Å². The highest BCUT2D eigenvalue weighted by atomic mass is 16.5. The summed E-state index contributed by atoms with van der Waals surface area (Å²) in [6, 6.07) is 7.89. The third kappa shape index (κ3) is 3.72. The maximum atomic E-state index is 9.16. The summed E-state index contributed by atoms with van der Waals surface area (Å²) in [7, 11) is 1.64. The first-order chi connectivity index (χ1) is 9.20. The van der Waals surface area contributed by atoms with Crippen LogP contribution in [0.25, 0.3) is 11.0 Å². The van der Waals surface area contributed by atoms with E-state index in [0.717, 1.165) is 41.9 Å². The van der Waals surface area contributed by atoms with Crippen molar-refractivity contribution >= 4 is 11.0 Å². The van der Waals surface area contributed by atoms with E-state index in [1.54, 1.807) is 7.11 Å². The lowest BCUT2D eigenvalue weighted by Gasteiger charge is -2.04. The van der Waals surface area contributed by atoms with Crippen LogP contribution in [-0.2, 0) is 6.54 Å². The van der Waals surface area contributed by atoms with Gasteiger partial charge in [-0.25, -0.2) is 0 Å². The third-order valence-corrected chi connectivity index (χ3v) is 3.05. The molecule has 0 saturated carbocycles. The summed E-state index contributed by atoms with van der Waals surface area (Å²) in [5.74, 6) is 1.66. The Morgan fingerprint density at radius 1 is 1.42 bits per heavy atom. The van der Waals surface area contributed by atoms with Gasteiger partial charge in [0.1, 0.15) is 5.76 Å². The number of nitrogens with one attached hydrogen (secondary N) is 1. The van der Waals surface area contributed by atoms with E-state index in [1.165, 1.54) is 0 Å². The molecule has 0 fully saturated rings. The molecule has 0 bridgehead atoms. The van der Waals surface area contributed by atoms with Gasteiger partial charge in [-0.15, -0.1) is 0 Å². The second kappa shape index (κ2) is 6.59. The molecule has 0 aliphatic rings. The van der Waals surface area contributed by atoms with Gasteiger partial charge in [0.2, 0.25) is 0 Å². The summed E-state index contributed by atoms with van der Waals surface area (Å²) in [6.45, 7) is 3.38. The molecule has 0 radical (unpaired) electrons.